The summed E-state index contributed by atoms with van der Waals surface area (Å²) in [5, 5.41) is 0. The molecule has 0 atom stereocenters. The van der Waals surface area contributed by atoms with Crippen molar-refractivity contribution in [3.8, 4) is 0 Å². The average Bonchev–Trinajstić information content (AvgIpc) is 2.26. The van der Waals surface area contributed by atoms with Gasteiger partial charge >= 0.3 is 58.4 Å². The fraction of sp³-hybridized carbons (Fsp3) is 1.00. The fourth-order valence-electron chi connectivity index (χ4n) is 1.65. The minimum Gasteiger partial charge on any atom is -0.447 e. The Bertz CT molecular complexity index is 146. The van der Waals surface area contributed by atoms with E-state index in [0.29, 0.717) is 0 Å². The molecule has 0 aliphatic heterocycles. The van der Waals surface area contributed by atoms with Crippen LogP contribution in [0.15, 0.2) is 0 Å². The van der Waals surface area contributed by atoms with E-state index in [9.17, 15) is 12.9 Å². The predicted molar refractivity (Wildman–Crippen MR) is 46.5 cm³/mol. The topological polar surface area (TPSA) is 9.23 Å². The first-order valence-corrected chi connectivity index (χ1v) is 4.90. The maximum atomic E-state index is 11.8. The van der Waals surface area contributed by atoms with Crippen molar-refractivity contribution in [2.24, 2.45) is 0 Å². The van der Waals surface area contributed by atoms with Gasteiger partial charge in [0.2, 0.25) is 0 Å². The van der Waals surface area contributed by atoms with Crippen LogP contribution >= 0.6 is 0 Å². The van der Waals surface area contributed by atoms with Crippen LogP contribution in [-0.2, 0) is 4.74 Å². The Morgan fingerprint density at radius 1 is 1.00 bits per heavy atom. The maximum absolute atomic E-state index is 11.8. The van der Waals surface area contributed by atoms with Crippen molar-refractivity contribution in [2.45, 2.75) is 44.6 Å². The van der Waals surface area contributed by atoms with E-state index in [4.69, 9.17) is 4.74 Å². The van der Waals surface area contributed by atoms with Gasteiger partial charge in [0, 0.05) is 6.51 Å². The molecule has 0 N–H and O–H groups in total. The Morgan fingerprint density at radius 2 is 1.50 bits per heavy atom. The Kier molecular flexibility index (Phi) is 8.48. The molecule has 1 saturated carbocycles. The number of rotatable bonds is 3. The monoisotopic (exact) mass is 234 g/mol. The summed E-state index contributed by atoms with van der Waals surface area (Å²) in [6.07, 6.45) is 5.74. The van der Waals surface area contributed by atoms with Crippen LogP contribution < -0.4 is 51.4 Å². The van der Waals surface area contributed by atoms with Gasteiger partial charge in [0.25, 0.3) is 0 Å². The third kappa shape index (κ3) is 7.71. The molecule has 78 valence electrons. The summed E-state index contributed by atoms with van der Waals surface area (Å²) in [4.78, 5) is 0. The minimum absolute atomic E-state index is 0. The van der Waals surface area contributed by atoms with Gasteiger partial charge in [-0.05, 0) is 12.8 Å². The van der Waals surface area contributed by atoms with Crippen molar-refractivity contribution >= 4 is 6.98 Å². The van der Waals surface area contributed by atoms with Gasteiger partial charge in [-0.25, -0.2) is 0 Å². The summed E-state index contributed by atoms with van der Waals surface area (Å²) < 4.78 is 40.4. The van der Waals surface area contributed by atoms with E-state index in [1.807, 2.05) is 0 Å². The maximum Gasteiger partial charge on any atom is 1.00 e. The summed E-state index contributed by atoms with van der Waals surface area (Å²) in [6, 6.07) is 0. The molecule has 0 aromatic carbocycles. The van der Waals surface area contributed by atoms with E-state index in [2.05, 4.69) is 0 Å². The molecule has 0 bridgehead atoms. The molecule has 1 fully saturated rings. The smallest absolute Gasteiger partial charge is 0.447 e. The molecular formula is C8H15BF3KO. The number of halogens is 3. The van der Waals surface area contributed by atoms with Crippen molar-refractivity contribution < 1.29 is 69.1 Å². The van der Waals surface area contributed by atoms with Gasteiger partial charge < -0.3 is 17.7 Å². The molecule has 0 aromatic heterocycles. The average molecular weight is 234 g/mol. The summed E-state index contributed by atoms with van der Waals surface area (Å²) in [5.74, 6) is 0. The molecule has 0 amide bonds. The van der Waals surface area contributed by atoms with Gasteiger partial charge in [-0.3, -0.25) is 0 Å². The quantitative estimate of drug-likeness (QED) is 0.497. The van der Waals surface area contributed by atoms with Crippen molar-refractivity contribution in [2.75, 3.05) is 6.51 Å². The van der Waals surface area contributed by atoms with Crippen molar-refractivity contribution in [1.29, 1.82) is 0 Å². The summed E-state index contributed by atoms with van der Waals surface area (Å²) in [7, 11) is 0. The molecule has 0 spiro atoms. The van der Waals surface area contributed by atoms with Crippen LogP contribution in [0.5, 0.6) is 0 Å². The molecule has 1 nitrogen and oxygen atoms in total. The summed E-state index contributed by atoms with van der Waals surface area (Å²) >= 11 is 0. The van der Waals surface area contributed by atoms with E-state index < -0.39 is 13.5 Å². The van der Waals surface area contributed by atoms with Crippen LogP contribution in [0.1, 0.15) is 38.5 Å². The fourth-order valence-corrected chi connectivity index (χ4v) is 1.65. The minimum atomic E-state index is -4.76. The van der Waals surface area contributed by atoms with E-state index in [1.165, 1.54) is 0 Å². The number of ether oxygens (including phenoxy) is 1. The Balaban J connectivity index is 0.00000169. The molecular weight excluding hydrogens is 219 g/mol. The molecule has 1 rings (SSSR count). The van der Waals surface area contributed by atoms with Crippen LogP contribution in [0.25, 0.3) is 0 Å². The third-order valence-electron chi connectivity index (χ3n) is 2.32. The zero-order valence-electron chi connectivity index (χ0n) is 8.65. The molecule has 14 heavy (non-hydrogen) atoms. The van der Waals surface area contributed by atoms with Gasteiger partial charge in [-0.15, -0.1) is 0 Å². The van der Waals surface area contributed by atoms with Crippen molar-refractivity contribution in [3.05, 3.63) is 0 Å². The van der Waals surface area contributed by atoms with Crippen LogP contribution in [-0.4, -0.2) is 19.6 Å². The van der Waals surface area contributed by atoms with Gasteiger partial charge in [0.1, 0.15) is 0 Å². The molecule has 1 aliphatic carbocycles. The molecule has 0 radical (unpaired) electrons. The third-order valence-corrected chi connectivity index (χ3v) is 2.32. The van der Waals surface area contributed by atoms with E-state index in [1.54, 1.807) is 0 Å². The summed E-state index contributed by atoms with van der Waals surface area (Å²) in [5.41, 5.74) is 0. The van der Waals surface area contributed by atoms with E-state index >= 15 is 0 Å². The Morgan fingerprint density at radius 3 is 1.93 bits per heavy atom. The molecule has 0 unspecified atom stereocenters. The largest absolute Gasteiger partial charge is 1.00 e. The van der Waals surface area contributed by atoms with E-state index in [-0.39, 0.29) is 57.5 Å². The molecule has 0 aromatic rings. The molecule has 0 heterocycles. The summed E-state index contributed by atoms with van der Waals surface area (Å²) in [6.45, 7) is -5.78. The second-order valence-corrected chi connectivity index (χ2v) is 3.66. The SMILES string of the molecule is F[B-](F)(F)COC1CCCCCC1.[K+]. The van der Waals surface area contributed by atoms with Crippen LogP contribution in [0.3, 0.4) is 0 Å². The molecule has 6 heteroatoms. The molecule has 1 aliphatic rings. The Hall–Kier alpha value is 1.45. The first-order valence-electron chi connectivity index (χ1n) is 4.90. The van der Waals surface area contributed by atoms with Crippen molar-refractivity contribution in [3.63, 3.8) is 0 Å². The second kappa shape index (κ2) is 7.68. The van der Waals surface area contributed by atoms with Gasteiger partial charge in [-0.2, -0.15) is 0 Å². The first kappa shape index (κ1) is 15.5. The standard InChI is InChI=1S/C8H15BF3O.K/c10-9(11,12)7-13-8-5-3-1-2-4-6-8;/h8H,1-7H2;/q-1;+1. The van der Waals surface area contributed by atoms with E-state index in [0.717, 1.165) is 38.5 Å². The Labute approximate surface area is 126 Å². The van der Waals surface area contributed by atoms with Crippen LogP contribution in [0, 0.1) is 0 Å². The van der Waals surface area contributed by atoms with Gasteiger partial charge in [0.05, 0.1) is 6.10 Å². The van der Waals surface area contributed by atoms with Gasteiger partial charge in [0.15, 0.2) is 0 Å². The normalized spacial score (nSPS) is 19.9. The number of hydrogen-bond donors (Lipinski definition) is 0. The zero-order chi connectivity index (χ0) is 9.73. The molecule has 0 saturated heterocycles. The van der Waals surface area contributed by atoms with Crippen LogP contribution in [0.2, 0.25) is 0 Å². The van der Waals surface area contributed by atoms with Crippen molar-refractivity contribution in [1.82, 2.24) is 0 Å². The second-order valence-electron chi connectivity index (χ2n) is 3.66. The number of hydrogen-bond acceptors (Lipinski definition) is 1. The van der Waals surface area contributed by atoms with Gasteiger partial charge in [-0.1, -0.05) is 25.7 Å². The predicted octanol–water partition coefficient (Wildman–Crippen LogP) is 0.116. The first-order chi connectivity index (χ1) is 6.08. The zero-order valence-corrected chi connectivity index (χ0v) is 11.8. The van der Waals surface area contributed by atoms with Crippen LogP contribution in [0.4, 0.5) is 12.9 Å².